The highest BCUT2D eigenvalue weighted by atomic mass is 16.3. The van der Waals surface area contributed by atoms with E-state index in [2.05, 4.69) is 34.1 Å². The van der Waals surface area contributed by atoms with Crippen LogP contribution in [0.3, 0.4) is 0 Å². The summed E-state index contributed by atoms with van der Waals surface area (Å²) in [6.07, 6.45) is 7.53. The molecule has 0 radical (unpaired) electrons. The number of nitrogens with zero attached hydrogens (tertiary/aromatic N) is 2. The first kappa shape index (κ1) is 15.8. The molecule has 2 atom stereocenters. The number of pyridine rings is 1. The Kier molecular flexibility index (Phi) is 4.38. The van der Waals surface area contributed by atoms with Gasteiger partial charge in [0.2, 0.25) is 0 Å². The number of benzene rings is 1. The molecule has 1 aromatic carbocycles. The van der Waals surface area contributed by atoms with Gasteiger partial charge in [-0.1, -0.05) is 36.8 Å². The highest BCUT2D eigenvalue weighted by Gasteiger charge is 2.44. The third kappa shape index (κ3) is 3.11. The predicted molar refractivity (Wildman–Crippen MR) is 96.5 cm³/mol. The second-order valence-corrected chi connectivity index (χ2v) is 7.50. The number of hydrogen-bond acceptors (Lipinski definition) is 3. The molecule has 1 spiro atoms. The van der Waals surface area contributed by atoms with Crippen LogP contribution in [-0.2, 0) is 6.54 Å². The molecule has 0 bridgehead atoms. The summed E-state index contributed by atoms with van der Waals surface area (Å²) < 4.78 is 0. The summed E-state index contributed by atoms with van der Waals surface area (Å²) in [5.74, 6) is 0. The van der Waals surface area contributed by atoms with Crippen LogP contribution in [0.4, 0.5) is 0 Å². The topological polar surface area (TPSA) is 36.4 Å². The number of hydrogen-bond donors (Lipinski definition) is 1. The maximum absolute atomic E-state index is 10.4. The van der Waals surface area contributed by atoms with E-state index < -0.39 is 0 Å². The van der Waals surface area contributed by atoms with Gasteiger partial charge in [-0.25, -0.2) is 0 Å². The van der Waals surface area contributed by atoms with E-state index in [1.807, 2.05) is 24.4 Å². The molecule has 3 heteroatoms. The number of rotatable bonds is 3. The third-order valence-corrected chi connectivity index (χ3v) is 5.87. The van der Waals surface area contributed by atoms with Gasteiger partial charge in [0, 0.05) is 30.3 Å². The van der Waals surface area contributed by atoms with Crippen LogP contribution in [0.2, 0.25) is 0 Å². The van der Waals surface area contributed by atoms with Crippen LogP contribution in [0.25, 0.3) is 11.3 Å². The first-order valence-corrected chi connectivity index (χ1v) is 9.16. The van der Waals surface area contributed by atoms with Gasteiger partial charge in [0.05, 0.1) is 11.8 Å². The van der Waals surface area contributed by atoms with Gasteiger partial charge in [0.15, 0.2) is 0 Å². The number of aromatic nitrogens is 1. The van der Waals surface area contributed by atoms with E-state index >= 15 is 0 Å². The van der Waals surface area contributed by atoms with Crippen LogP contribution >= 0.6 is 0 Å². The first-order valence-electron chi connectivity index (χ1n) is 9.16. The van der Waals surface area contributed by atoms with Crippen molar-refractivity contribution in [2.24, 2.45) is 5.41 Å². The first-order chi connectivity index (χ1) is 11.8. The Morgan fingerprint density at radius 1 is 1.08 bits per heavy atom. The number of aliphatic hydroxyl groups is 1. The summed E-state index contributed by atoms with van der Waals surface area (Å²) >= 11 is 0. The van der Waals surface area contributed by atoms with Crippen LogP contribution < -0.4 is 0 Å². The van der Waals surface area contributed by atoms with Crippen molar-refractivity contribution in [2.75, 3.05) is 13.1 Å². The molecular formula is C21H26N2O. The van der Waals surface area contributed by atoms with Crippen LogP contribution in [0, 0.1) is 5.41 Å². The summed E-state index contributed by atoms with van der Waals surface area (Å²) in [4.78, 5) is 6.95. The minimum absolute atomic E-state index is 0.0909. The summed E-state index contributed by atoms with van der Waals surface area (Å²) in [7, 11) is 0. The normalized spacial score (nSPS) is 27.6. The molecule has 1 aliphatic carbocycles. The average Bonchev–Trinajstić information content (AvgIpc) is 2.96. The third-order valence-electron chi connectivity index (χ3n) is 5.87. The molecule has 24 heavy (non-hydrogen) atoms. The smallest absolute Gasteiger partial charge is 0.0701 e. The van der Waals surface area contributed by atoms with Gasteiger partial charge < -0.3 is 5.11 Å². The fourth-order valence-electron chi connectivity index (χ4n) is 4.56. The maximum atomic E-state index is 10.4. The highest BCUT2D eigenvalue weighted by molar-refractivity contribution is 5.58. The standard InChI is InChI=1S/C21H26N2O/c24-20-6-3-11-21(20)12-4-14-23(16-21)15-17-7-9-18(10-8-17)19-5-1-2-13-22-19/h1-2,5,7-10,13,20,24H,3-4,6,11-12,14-16H2/t20-,21-/m1/s1. The summed E-state index contributed by atoms with van der Waals surface area (Å²) in [5.41, 5.74) is 3.71. The number of aliphatic hydroxyl groups excluding tert-OH is 1. The van der Waals surface area contributed by atoms with Gasteiger partial charge in [-0.05, 0) is 49.9 Å². The van der Waals surface area contributed by atoms with Crippen molar-refractivity contribution >= 4 is 0 Å². The van der Waals surface area contributed by atoms with E-state index in [0.29, 0.717) is 0 Å². The minimum atomic E-state index is -0.0909. The lowest BCUT2D eigenvalue weighted by Gasteiger charge is -2.42. The molecule has 1 saturated heterocycles. The van der Waals surface area contributed by atoms with Crippen molar-refractivity contribution in [3.05, 3.63) is 54.2 Å². The summed E-state index contributed by atoms with van der Waals surface area (Å²) in [6.45, 7) is 3.18. The number of likely N-dealkylation sites (tertiary alicyclic amines) is 1. The Labute approximate surface area is 144 Å². The predicted octanol–water partition coefficient (Wildman–Crippen LogP) is 3.88. The van der Waals surface area contributed by atoms with E-state index in [1.54, 1.807) is 0 Å². The molecule has 0 amide bonds. The molecule has 2 aliphatic rings. The van der Waals surface area contributed by atoms with Crippen molar-refractivity contribution in [3.63, 3.8) is 0 Å². The van der Waals surface area contributed by atoms with Gasteiger partial charge >= 0.3 is 0 Å². The molecule has 126 valence electrons. The van der Waals surface area contributed by atoms with Gasteiger partial charge in [0.25, 0.3) is 0 Å². The maximum Gasteiger partial charge on any atom is 0.0701 e. The molecule has 2 fully saturated rings. The molecule has 1 saturated carbocycles. The largest absolute Gasteiger partial charge is 0.393 e. The van der Waals surface area contributed by atoms with Gasteiger partial charge in [-0.2, -0.15) is 0 Å². The van der Waals surface area contributed by atoms with Crippen molar-refractivity contribution in [1.82, 2.24) is 9.88 Å². The van der Waals surface area contributed by atoms with Gasteiger partial charge in [0.1, 0.15) is 0 Å². The Bertz CT molecular complexity index is 670. The fourth-order valence-corrected chi connectivity index (χ4v) is 4.56. The second-order valence-electron chi connectivity index (χ2n) is 7.50. The SMILES string of the molecule is O[C@@H]1CCC[C@]12CCCN(Cc1ccc(-c3ccccn3)cc1)C2. The zero-order valence-corrected chi connectivity index (χ0v) is 14.2. The average molecular weight is 322 g/mol. The van der Waals surface area contributed by atoms with Gasteiger partial charge in [-0.3, -0.25) is 9.88 Å². The van der Waals surface area contributed by atoms with E-state index in [1.165, 1.54) is 36.8 Å². The Hall–Kier alpha value is -1.71. The zero-order chi connectivity index (χ0) is 16.4. The van der Waals surface area contributed by atoms with E-state index in [0.717, 1.165) is 31.7 Å². The van der Waals surface area contributed by atoms with Gasteiger partial charge in [-0.15, -0.1) is 0 Å². The lowest BCUT2D eigenvalue weighted by molar-refractivity contribution is -0.0120. The second kappa shape index (κ2) is 6.66. The van der Waals surface area contributed by atoms with Crippen molar-refractivity contribution in [1.29, 1.82) is 0 Å². The van der Waals surface area contributed by atoms with Crippen LogP contribution in [0.1, 0.15) is 37.7 Å². The zero-order valence-electron chi connectivity index (χ0n) is 14.2. The Balaban J connectivity index is 1.44. The molecule has 1 aliphatic heterocycles. The quantitative estimate of drug-likeness (QED) is 0.932. The molecule has 2 heterocycles. The lowest BCUT2D eigenvalue weighted by Crippen LogP contribution is -2.46. The monoisotopic (exact) mass is 322 g/mol. The Morgan fingerprint density at radius 3 is 2.62 bits per heavy atom. The molecule has 1 aromatic heterocycles. The molecular weight excluding hydrogens is 296 g/mol. The summed E-state index contributed by atoms with van der Waals surface area (Å²) in [5, 5.41) is 10.4. The van der Waals surface area contributed by atoms with Crippen LogP contribution in [-0.4, -0.2) is 34.2 Å². The van der Waals surface area contributed by atoms with Crippen molar-refractivity contribution in [2.45, 2.75) is 44.8 Å². The van der Waals surface area contributed by atoms with Crippen LogP contribution in [0.5, 0.6) is 0 Å². The number of piperidine rings is 1. The Morgan fingerprint density at radius 2 is 1.92 bits per heavy atom. The minimum Gasteiger partial charge on any atom is -0.393 e. The molecule has 3 nitrogen and oxygen atoms in total. The molecule has 4 rings (SSSR count). The molecule has 1 N–H and O–H groups in total. The van der Waals surface area contributed by atoms with E-state index in [9.17, 15) is 5.11 Å². The lowest BCUT2D eigenvalue weighted by atomic mass is 9.76. The van der Waals surface area contributed by atoms with E-state index in [-0.39, 0.29) is 11.5 Å². The van der Waals surface area contributed by atoms with E-state index in [4.69, 9.17) is 0 Å². The fraction of sp³-hybridized carbons (Fsp3) is 0.476. The summed E-state index contributed by atoms with van der Waals surface area (Å²) in [6, 6.07) is 14.8. The van der Waals surface area contributed by atoms with Crippen molar-refractivity contribution < 1.29 is 5.11 Å². The van der Waals surface area contributed by atoms with Crippen LogP contribution in [0.15, 0.2) is 48.7 Å². The van der Waals surface area contributed by atoms with Crippen molar-refractivity contribution in [3.8, 4) is 11.3 Å². The highest BCUT2D eigenvalue weighted by Crippen LogP contribution is 2.45. The molecule has 0 unspecified atom stereocenters. The molecule has 2 aromatic rings.